The van der Waals surface area contributed by atoms with Crippen molar-refractivity contribution < 1.29 is 14.7 Å². The molecule has 0 aromatic rings. The molecule has 0 aliphatic heterocycles. The van der Waals surface area contributed by atoms with Crippen LogP contribution in [-0.4, -0.2) is 23.4 Å². The van der Waals surface area contributed by atoms with Crippen molar-refractivity contribution in [3.05, 3.63) is 0 Å². The SMILES string of the molecule is O=C(O)CCON=C1CC2CCC1C2. The van der Waals surface area contributed by atoms with Gasteiger partial charge in [-0.05, 0) is 31.6 Å². The fraction of sp³-hybridized carbons (Fsp3) is 0.800. The summed E-state index contributed by atoms with van der Waals surface area (Å²) < 4.78 is 0. The number of hydrogen-bond acceptors (Lipinski definition) is 3. The average molecular weight is 197 g/mol. The van der Waals surface area contributed by atoms with Crippen molar-refractivity contribution in [2.75, 3.05) is 6.61 Å². The second-order valence-electron chi connectivity index (χ2n) is 4.14. The summed E-state index contributed by atoms with van der Waals surface area (Å²) in [6.45, 7) is 0.191. The van der Waals surface area contributed by atoms with Gasteiger partial charge in [-0.2, -0.15) is 0 Å². The molecule has 1 N–H and O–H groups in total. The fourth-order valence-corrected chi connectivity index (χ4v) is 2.40. The number of nitrogens with zero attached hydrogens (tertiary/aromatic N) is 1. The Hall–Kier alpha value is -1.06. The van der Waals surface area contributed by atoms with Crippen LogP contribution in [0.1, 0.15) is 32.1 Å². The first-order valence-electron chi connectivity index (χ1n) is 5.16. The second kappa shape index (κ2) is 3.98. The van der Waals surface area contributed by atoms with Crippen LogP contribution in [0.25, 0.3) is 0 Å². The Morgan fingerprint density at radius 1 is 1.57 bits per heavy atom. The third-order valence-electron chi connectivity index (χ3n) is 3.10. The van der Waals surface area contributed by atoms with Crippen molar-refractivity contribution in [3.63, 3.8) is 0 Å². The van der Waals surface area contributed by atoms with Crippen molar-refractivity contribution in [3.8, 4) is 0 Å². The zero-order valence-corrected chi connectivity index (χ0v) is 8.11. The Kier molecular flexibility index (Phi) is 2.70. The Labute approximate surface area is 82.9 Å². The molecule has 2 fully saturated rings. The highest BCUT2D eigenvalue weighted by atomic mass is 16.6. The van der Waals surface area contributed by atoms with Gasteiger partial charge in [0, 0.05) is 5.92 Å². The maximum absolute atomic E-state index is 10.2. The molecule has 0 aromatic carbocycles. The molecule has 14 heavy (non-hydrogen) atoms. The molecule has 2 saturated carbocycles. The van der Waals surface area contributed by atoms with Crippen LogP contribution in [0.5, 0.6) is 0 Å². The van der Waals surface area contributed by atoms with Crippen molar-refractivity contribution in [2.45, 2.75) is 32.1 Å². The summed E-state index contributed by atoms with van der Waals surface area (Å²) in [5, 5.41) is 12.4. The van der Waals surface area contributed by atoms with Crippen molar-refractivity contribution in [1.29, 1.82) is 0 Å². The van der Waals surface area contributed by atoms with E-state index < -0.39 is 5.97 Å². The van der Waals surface area contributed by atoms with Crippen molar-refractivity contribution >= 4 is 11.7 Å². The van der Waals surface area contributed by atoms with Crippen LogP contribution < -0.4 is 0 Å². The quantitative estimate of drug-likeness (QED) is 0.550. The predicted molar refractivity (Wildman–Crippen MR) is 51.1 cm³/mol. The normalized spacial score (nSPS) is 32.4. The number of fused-ring (bicyclic) bond motifs is 2. The van der Waals surface area contributed by atoms with E-state index in [4.69, 9.17) is 9.94 Å². The average Bonchev–Trinajstić information content (AvgIpc) is 2.73. The molecule has 2 atom stereocenters. The highest BCUT2D eigenvalue weighted by Crippen LogP contribution is 2.42. The number of carbonyl (C=O) groups is 1. The minimum Gasteiger partial charge on any atom is -0.481 e. The van der Waals surface area contributed by atoms with Gasteiger partial charge in [-0.1, -0.05) is 5.16 Å². The predicted octanol–water partition coefficient (Wildman–Crippen LogP) is 1.65. The number of carboxylic acids is 1. The van der Waals surface area contributed by atoms with Crippen LogP contribution in [0.4, 0.5) is 0 Å². The lowest BCUT2D eigenvalue weighted by atomic mass is 9.99. The van der Waals surface area contributed by atoms with Gasteiger partial charge in [0.05, 0.1) is 12.1 Å². The molecule has 78 valence electrons. The standard InChI is InChI=1S/C10H15NO3/c12-10(13)3-4-14-11-9-6-7-1-2-8(9)5-7/h7-8H,1-6H2,(H,12,13). The van der Waals surface area contributed by atoms with E-state index in [0.29, 0.717) is 5.92 Å². The van der Waals surface area contributed by atoms with E-state index in [9.17, 15) is 4.79 Å². The first kappa shape index (κ1) is 9.49. The number of aliphatic carboxylic acids is 1. The summed E-state index contributed by atoms with van der Waals surface area (Å²) in [5.74, 6) is 0.616. The molecular formula is C10H15NO3. The molecule has 0 spiro atoms. The van der Waals surface area contributed by atoms with Gasteiger partial charge >= 0.3 is 5.97 Å². The Bertz CT molecular complexity index is 262. The van der Waals surface area contributed by atoms with Crippen molar-refractivity contribution in [1.82, 2.24) is 0 Å². The van der Waals surface area contributed by atoms with E-state index in [1.807, 2.05) is 0 Å². The van der Waals surface area contributed by atoms with Gasteiger partial charge in [0.15, 0.2) is 0 Å². The number of hydrogen-bond donors (Lipinski definition) is 1. The summed E-state index contributed by atoms with van der Waals surface area (Å²) in [5.41, 5.74) is 1.16. The lowest BCUT2D eigenvalue weighted by Gasteiger charge is -2.10. The number of carboxylic acid groups (broad SMARTS) is 1. The molecule has 2 aliphatic rings. The zero-order chi connectivity index (χ0) is 9.97. The van der Waals surface area contributed by atoms with E-state index in [1.165, 1.54) is 19.3 Å². The fourth-order valence-electron chi connectivity index (χ4n) is 2.40. The van der Waals surface area contributed by atoms with E-state index >= 15 is 0 Å². The maximum atomic E-state index is 10.2. The summed E-state index contributed by atoms with van der Waals surface area (Å²) in [6, 6.07) is 0. The summed E-state index contributed by atoms with van der Waals surface area (Å²) in [4.78, 5) is 15.2. The molecule has 0 radical (unpaired) electrons. The molecule has 2 bridgehead atoms. The van der Waals surface area contributed by atoms with Gasteiger partial charge in [-0.25, -0.2) is 0 Å². The van der Waals surface area contributed by atoms with Crippen LogP contribution in [0, 0.1) is 11.8 Å². The summed E-state index contributed by atoms with van der Waals surface area (Å²) in [7, 11) is 0. The highest BCUT2D eigenvalue weighted by molar-refractivity contribution is 5.89. The second-order valence-corrected chi connectivity index (χ2v) is 4.14. The molecular weight excluding hydrogens is 182 g/mol. The molecule has 0 saturated heterocycles. The lowest BCUT2D eigenvalue weighted by molar-refractivity contribution is -0.138. The van der Waals surface area contributed by atoms with Crippen LogP contribution >= 0.6 is 0 Å². The highest BCUT2D eigenvalue weighted by Gasteiger charge is 2.37. The topological polar surface area (TPSA) is 58.9 Å². The molecule has 2 unspecified atom stereocenters. The number of rotatable bonds is 4. The van der Waals surface area contributed by atoms with Crippen molar-refractivity contribution in [2.24, 2.45) is 17.0 Å². The van der Waals surface area contributed by atoms with E-state index in [2.05, 4.69) is 5.16 Å². The lowest BCUT2D eigenvalue weighted by Crippen LogP contribution is -2.10. The van der Waals surface area contributed by atoms with Gasteiger partial charge in [0.25, 0.3) is 0 Å². The van der Waals surface area contributed by atoms with Gasteiger partial charge in [0.2, 0.25) is 0 Å². The minimum absolute atomic E-state index is 0.0326. The Morgan fingerprint density at radius 3 is 3.00 bits per heavy atom. The smallest absolute Gasteiger partial charge is 0.306 e. The molecule has 2 aliphatic carbocycles. The summed E-state index contributed by atoms with van der Waals surface area (Å²) in [6.07, 6.45) is 4.94. The van der Waals surface area contributed by atoms with E-state index in [0.717, 1.165) is 18.1 Å². The Morgan fingerprint density at radius 2 is 2.43 bits per heavy atom. The van der Waals surface area contributed by atoms with Gasteiger partial charge < -0.3 is 9.94 Å². The molecule has 4 heteroatoms. The van der Waals surface area contributed by atoms with Crippen LogP contribution in [0.15, 0.2) is 5.16 Å². The third-order valence-corrected chi connectivity index (χ3v) is 3.10. The minimum atomic E-state index is -0.835. The van der Waals surface area contributed by atoms with Crippen LogP contribution in [-0.2, 0) is 9.63 Å². The first-order valence-corrected chi connectivity index (χ1v) is 5.16. The summed E-state index contributed by atoms with van der Waals surface area (Å²) >= 11 is 0. The third kappa shape index (κ3) is 2.05. The van der Waals surface area contributed by atoms with Crippen LogP contribution in [0.3, 0.4) is 0 Å². The van der Waals surface area contributed by atoms with E-state index in [1.54, 1.807) is 0 Å². The van der Waals surface area contributed by atoms with Crippen LogP contribution in [0.2, 0.25) is 0 Å². The molecule has 0 amide bonds. The monoisotopic (exact) mass is 197 g/mol. The van der Waals surface area contributed by atoms with Gasteiger partial charge in [-0.15, -0.1) is 0 Å². The molecule has 0 aromatic heterocycles. The molecule has 4 nitrogen and oxygen atoms in total. The van der Waals surface area contributed by atoms with E-state index in [-0.39, 0.29) is 13.0 Å². The largest absolute Gasteiger partial charge is 0.481 e. The zero-order valence-electron chi connectivity index (χ0n) is 8.11. The molecule has 2 rings (SSSR count). The maximum Gasteiger partial charge on any atom is 0.306 e. The first-order chi connectivity index (χ1) is 6.75. The van der Waals surface area contributed by atoms with Gasteiger partial charge in [-0.3, -0.25) is 4.79 Å². The molecule has 0 heterocycles. The van der Waals surface area contributed by atoms with Gasteiger partial charge in [0.1, 0.15) is 6.61 Å². The number of oxime groups is 1. The Balaban J connectivity index is 1.73.